The minimum absolute atomic E-state index is 0.116. The monoisotopic (exact) mass is 301 g/mol. The van der Waals surface area contributed by atoms with Crippen LogP contribution < -0.4 is 9.84 Å². The Labute approximate surface area is 126 Å². The maximum atomic E-state index is 12.0. The summed E-state index contributed by atoms with van der Waals surface area (Å²) < 4.78 is 4.95. The van der Waals surface area contributed by atoms with E-state index in [9.17, 15) is 14.7 Å². The van der Waals surface area contributed by atoms with Gasteiger partial charge in [0, 0.05) is 10.4 Å². The Balaban J connectivity index is 2.01. The molecular formula is C16H13O4S-. The predicted molar refractivity (Wildman–Crippen MR) is 79.4 cm³/mol. The second-order valence-electron chi connectivity index (χ2n) is 4.35. The largest absolute Gasteiger partial charge is 0.546 e. The smallest absolute Gasteiger partial charge is 0.185 e. The molecule has 0 N–H and O–H groups in total. The van der Waals surface area contributed by atoms with E-state index < -0.39 is 12.6 Å². The first-order valence-electron chi connectivity index (χ1n) is 6.25. The first-order valence-corrected chi connectivity index (χ1v) is 7.13. The fourth-order valence-corrected chi connectivity index (χ4v) is 2.48. The SMILES string of the molecule is Cc1ccsc1/C=C/C(=O)c1ccc(OCC(=O)[O-])cc1. The second-order valence-corrected chi connectivity index (χ2v) is 5.30. The molecule has 1 aromatic heterocycles. The molecule has 0 bridgehead atoms. The van der Waals surface area contributed by atoms with Crippen molar-refractivity contribution in [1.29, 1.82) is 0 Å². The number of rotatable bonds is 6. The maximum absolute atomic E-state index is 12.0. The van der Waals surface area contributed by atoms with Crippen LogP contribution in [0.25, 0.3) is 6.08 Å². The lowest BCUT2D eigenvalue weighted by atomic mass is 10.1. The molecule has 0 atom stereocenters. The van der Waals surface area contributed by atoms with Gasteiger partial charge in [0.05, 0.1) is 5.97 Å². The van der Waals surface area contributed by atoms with Crippen LogP contribution in [0.1, 0.15) is 20.8 Å². The second kappa shape index (κ2) is 6.85. The van der Waals surface area contributed by atoms with Crippen LogP contribution in [-0.2, 0) is 4.79 Å². The molecule has 5 heteroatoms. The molecule has 0 fully saturated rings. The number of carbonyl (C=O) groups is 2. The van der Waals surface area contributed by atoms with Gasteiger partial charge in [0.15, 0.2) is 5.78 Å². The van der Waals surface area contributed by atoms with Gasteiger partial charge >= 0.3 is 0 Å². The van der Waals surface area contributed by atoms with Crippen LogP contribution >= 0.6 is 11.3 Å². The van der Waals surface area contributed by atoms with E-state index in [4.69, 9.17) is 4.74 Å². The Morgan fingerprint density at radius 3 is 2.52 bits per heavy atom. The van der Waals surface area contributed by atoms with E-state index in [-0.39, 0.29) is 5.78 Å². The summed E-state index contributed by atoms with van der Waals surface area (Å²) in [6.45, 7) is 1.48. The third-order valence-electron chi connectivity index (χ3n) is 2.78. The fourth-order valence-electron chi connectivity index (χ4n) is 1.66. The van der Waals surface area contributed by atoms with Gasteiger partial charge in [-0.25, -0.2) is 0 Å². The number of aryl methyl sites for hydroxylation is 1. The molecule has 4 nitrogen and oxygen atoms in total. The van der Waals surface area contributed by atoms with Crippen molar-refractivity contribution < 1.29 is 19.4 Å². The third-order valence-corrected chi connectivity index (χ3v) is 3.77. The van der Waals surface area contributed by atoms with E-state index in [2.05, 4.69) is 0 Å². The molecule has 1 heterocycles. The Morgan fingerprint density at radius 1 is 1.24 bits per heavy atom. The number of hydrogen-bond acceptors (Lipinski definition) is 5. The molecule has 0 saturated carbocycles. The van der Waals surface area contributed by atoms with Gasteiger partial charge in [-0.3, -0.25) is 4.79 Å². The van der Waals surface area contributed by atoms with Crippen LogP contribution in [0.4, 0.5) is 0 Å². The van der Waals surface area contributed by atoms with Gasteiger partial charge in [-0.1, -0.05) is 0 Å². The Hall–Kier alpha value is -2.40. The normalized spacial score (nSPS) is 10.7. The number of thiophene rings is 1. The van der Waals surface area contributed by atoms with Crippen LogP contribution in [-0.4, -0.2) is 18.4 Å². The highest BCUT2D eigenvalue weighted by molar-refractivity contribution is 7.11. The van der Waals surface area contributed by atoms with Gasteiger partial charge in [0.25, 0.3) is 0 Å². The number of carboxylic acids is 1. The van der Waals surface area contributed by atoms with E-state index in [1.807, 2.05) is 18.4 Å². The van der Waals surface area contributed by atoms with Crippen LogP contribution in [0.5, 0.6) is 5.75 Å². The molecule has 108 valence electrons. The van der Waals surface area contributed by atoms with Crippen molar-refractivity contribution >= 4 is 29.2 Å². The highest BCUT2D eigenvalue weighted by Gasteiger charge is 2.03. The van der Waals surface area contributed by atoms with Crippen LogP contribution in [0, 0.1) is 6.92 Å². The Bertz CT molecular complexity index is 668. The molecule has 0 aliphatic heterocycles. The number of ether oxygens (including phenoxy) is 1. The maximum Gasteiger partial charge on any atom is 0.185 e. The summed E-state index contributed by atoms with van der Waals surface area (Å²) in [6.07, 6.45) is 3.32. The van der Waals surface area contributed by atoms with Crippen molar-refractivity contribution in [3.05, 3.63) is 57.8 Å². The fraction of sp³-hybridized carbons (Fsp3) is 0.125. The average Bonchev–Trinajstić information content (AvgIpc) is 2.88. The molecule has 0 radical (unpaired) electrons. The number of benzene rings is 1. The van der Waals surface area contributed by atoms with Crippen LogP contribution in [0.15, 0.2) is 41.8 Å². The Morgan fingerprint density at radius 2 is 1.95 bits per heavy atom. The highest BCUT2D eigenvalue weighted by Crippen LogP contribution is 2.18. The van der Waals surface area contributed by atoms with Crippen LogP contribution in [0.3, 0.4) is 0 Å². The topological polar surface area (TPSA) is 66.4 Å². The number of allylic oxidation sites excluding steroid dienone is 1. The highest BCUT2D eigenvalue weighted by atomic mass is 32.1. The summed E-state index contributed by atoms with van der Waals surface area (Å²) in [7, 11) is 0. The van der Waals surface area contributed by atoms with E-state index in [0.717, 1.165) is 10.4 Å². The van der Waals surface area contributed by atoms with Gasteiger partial charge in [-0.15, -0.1) is 11.3 Å². The van der Waals surface area contributed by atoms with Crippen molar-refractivity contribution in [3.8, 4) is 5.75 Å². The molecule has 2 aromatic rings. The quantitative estimate of drug-likeness (QED) is 0.605. The van der Waals surface area contributed by atoms with Gasteiger partial charge in [-0.05, 0) is 60.4 Å². The van der Waals surface area contributed by atoms with Crippen molar-refractivity contribution in [1.82, 2.24) is 0 Å². The number of aliphatic carboxylic acids is 1. The van der Waals surface area contributed by atoms with E-state index >= 15 is 0 Å². The first kappa shape index (κ1) is 15.0. The minimum Gasteiger partial charge on any atom is -0.546 e. The van der Waals surface area contributed by atoms with E-state index in [0.29, 0.717) is 11.3 Å². The standard InChI is InChI=1S/C16H14O4S/c1-11-8-9-21-15(11)7-6-14(17)12-2-4-13(5-3-12)20-10-16(18)19/h2-9H,10H2,1H3,(H,18,19)/p-1/b7-6+. The molecular weight excluding hydrogens is 288 g/mol. The molecule has 21 heavy (non-hydrogen) atoms. The molecule has 0 amide bonds. The van der Waals surface area contributed by atoms with Gasteiger partial charge in [-0.2, -0.15) is 0 Å². The molecule has 0 spiro atoms. The number of carboxylic acid groups (broad SMARTS) is 1. The molecule has 0 saturated heterocycles. The summed E-state index contributed by atoms with van der Waals surface area (Å²) in [5.74, 6) is -1.02. The molecule has 0 aliphatic carbocycles. The summed E-state index contributed by atoms with van der Waals surface area (Å²) in [5.41, 5.74) is 1.65. The third kappa shape index (κ3) is 4.29. The van der Waals surface area contributed by atoms with Crippen molar-refractivity contribution in [2.45, 2.75) is 6.92 Å². The zero-order chi connectivity index (χ0) is 15.2. The van der Waals surface area contributed by atoms with Gasteiger partial charge in [0.1, 0.15) is 12.4 Å². The van der Waals surface area contributed by atoms with Crippen molar-refractivity contribution in [2.24, 2.45) is 0 Å². The number of hydrogen-bond donors (Lipinski definition) is 0. The number of ketones is 1. The predicted octanol–water partition coefficient (Wildman–Crippen LogP) is 2.08. The summed E-state index contributed by atoms with van der Waals surface area (Å²) in [5, 5.41) is 12.2. The lowest BCUT2D eigenvalue weighted by Crippen LogP contribution is -2.28. The molecule has 2 rings (SSSR count). The average molecular weight is 301 g/mol. The zero-order valence-electron chi connectivity index (χ0n) is 11.4. The molecule has 0 aliphatic rings. The van der Waals surface area contributed by atoms with Crippen molar-refractivity contribution in [2.75, 3.05) is 6.61 Å². The summed E-state index contributed by atoms with van der Waals surface area (Å²) in [6, 6.07) is 8.30. The zero-order valence-corrected chi connectivity index (χ0v) is 12.2. The number of carbonyl (C=O) groups excluding carboxylic acids is 2. The van der Waals surface area contributed by atoms with Gasteiger partial charge in [0.2, 0.25) is 0 Å². The van der Waals surface area contributed by atoms with Gasteiger partial charge < -0.3 is 14.6 Å². The summed E-state index contributed by atoms with van der Waals surface area (Å²) >= 11 is 1.58. The Kier molecular flexibility index (Phi) is 4.90. The minimum atomic E-state index is -1.29. The lowest BCUT2D eigenvalue weighted by molar-refractivity contribution is -0.307. The van der Waals surface area contributed by atoms with Crippen LogP contribution in [0.2, 0.25) is 0 Å². The lowest BCUT2D eigenvalue weighted by Gasteiger charge is -2.06. The van der Waals surface area contributed by atoms with E-state index in [1.54, 1.807) is 41.7 Å². The van der Waals surface area contributed by atoms with Crippen molar-refractivity contribution in [3.63, 3.8) is 0 Å². The van der Waals surface area contributed by atoms with E-state index in [1.165, 1.54) is 6.08 Å². The molecule has 1 aromatic carbocycles. The molecule has 0 unspecified atom stereocenters. The summed E-state index contributed by atoms with van der Waals surface area (Å²) in [4.78, 5) is 23.3. The first-order chi connectivity index (χ1) is 10.1.